The monoisotopic (exact) mass is 177 g/mol. The lowest BCUT2D eigenvalue weighted by Crippen LogP contribution is -2.36. The molecule has 1 unspecified atom stereocenters. The number of hydrogen-bond acceptors (Lipinski definition) is 3. The number of amides is 1. The maximum absolute atomic E-state index is 11.1. The first-order valence-corrected chi connectivity index (χ1v) is 5.22. The van der Waals surface area contributed by atoms with Crippen LogP contribution in [0.4, 0.5) is 0 Å². The van der Waals surface area contributed by atoms with Crippen molar-refractivity contribution in [1.29, 1.82) is 0 Å². The SMILES string of the molecule is CC(=O)NC1CCCS1(=O)=O. The van der Waals surface area contributed by atoms with Crippen LogP contribution in [0.2, 0.25) is 0 Å². The fourth-order valence-corrected chi connectivity index (χ4v) is 2.91. The Bertz CT molecular complexity index is 257. The molecule has 1 atom stereocenters. The molecule has 0 saturated carbocycles. The van der Waals surface area contributed by atoms with Crippen LogP contribution in [0, 0.1) is 0 Å². The molecule has 0 aromatic rings. The fraction of sp³-hybridized carbons (Fsp3) is 0.833. The zero-order valence-corrected chi connectivity index (χ0v) is 7.15. The Balaban J connectivity index is 2.66. The van der Waals surface area contributed by atoms with Gasteiger partial charge in [0.1, 0.15) is 5.37 Å². The Morgan fingerprint density at radius 1 is 1.55 bits per heavy atom. The highest BCUT2D eigenvalue weighted by atomic mass is 32.2. The Morgan fingerprint density at radius 3 is 2.55 bits per heavy atom. The minimum absolute atomic E-state index is 0.206. The molecule has 0 aromatic carbocycles. The average Bonchev–Trinajstić information content (AvgIpc) is 2.10. The predicted octanol–water partition coefficient (Wildman–Crippen LogP) is -0.343. The minimum atomic E-state index is -3.01. The summed E-state index contributed by atoms with van der Waals surface area (Å²) in [6.45, 7) is 1.33. The van der Waals surface area contributed by atoms with Crippen molar-refractivity contribution in [1.82, 2.24) is 5.32 Å². The van der Waals surface area contributed by atoms with Gasteiger partial charge in [-0.2, -0.15) is 0 Å². The summed E-state index contributed by atoms with van der Waals surface area (Å²) >= 11 is 0. The van der Waals surface area contributed by atoms with E-state index in [1.807, 2.05) is 0 Å². The molecule has 0 radical (unpaired) electrons. The highest BCUT2D eigenvalue weighted by Gasteiger charge is 2.31. The van der Waals surface area contributed by atoms with Gasteiger partial charge in [0, 0.05) is 6.92 Å². The quantitative estimate of drug-likeness (QED) is 0.596. The van der Waals surface area contributed by atoms with E-state index in [1.165, 1.54) is 6.92 Å². The first-order chi connectivity index (χ1) is 5.02. The molecule has 0 bridgehead atoms. The lowest BCUT2D eigenvalue weighted by Gasteiger charge is -2.08. The second-order valence-electron chi connectivity index (χ2n) is 2.70. The van der Waals surface area contributed by atoms with E-state index < -0.39 is 15.2 Å². The first kappa shape index (κ1) is 8.52. The third kappa shape index (κ3) is 1.92. The van der Waals surface area contributed by atoms with Gasteiger partial charge in [0.15, 0.2) is 9.84 Å². The maximum atomic E-state index is 11.1. The molecule has 1 saturated heterocycles. The van der Waals surface area contributed by atoms with Crippen LogP contribution < -0.4 is 5.32 Å². The predicted molar refractivity (Wildman–Crippen MR) is 40.6 cm³/mol. The fourth-order valence-electron chi connectivity index (χ4n) is 1.18. The van der Waals surface area contributed by atoms with Crippen LogP contribution in [0.25, 0.3) is 0 Å². The number of hydrogen-bond donors (Lipinski definition) is 1. The van der Waals surface area contributed by atoms with Gasteiger partial charge in [-0.3, -0.25) is 4.79 Å². The maximum Gasteiger partial charge on any atom is 0.217 e. The molecule has 1 fully saturated rings. The van der Waals surface area contributed by atoms with Crippen LogP contribution in [0.3, 0.4) is 0 Å². The van der Waals surface area contributed by atoms with Crippen molar-refractivity contribution in [2.75, 3.05) is 5.75 Å². The summed E-state index contributed by atoms with van der Waals surface area (Å²) in [7, 11) is -3.01. The second-order valence-corrected chi connectivity index (χ2v) is 5.00. The van der Waals surface area contributed by atoms with Crippen molar-refractivity contribution in [3.8, 4) is 0 Å². The molecule has 1 amide bonds. The zero-order chi connectivity index (χ0) is 8.48. The number of rotatable bonds is 1. The topological polar surface area (TPSA) is 63.2 Å². The molecular formula is C6H11NO3S. The number of nitrogens with one attached hydrogen (secondary N) is 1. The van der Waals surface area contributed by atoms with Gasteiger partial charge in [-0.25, -0.2) is 8.42 Å². The van der Waals surface area contributed by atoms with E-state index >= 15 is 0 Å². The molecule has 1 heterocycles. The second kappa shape index (κ2) is 2.81. The summed E-state index contributed by atoms with van der Waals surface area (Å²) in [4.78, 5) is 10.5. The Hall–Kier alpha value is -0.580. The first-order valence-electron chi connectivity index (χ1n) is 3.51. The molecule has 4 nitrogen and oxygen atoms in total. The Kier molecular flexibility index (Phi) is 2.17. The number of carbonyl (C=O) groups excluding carboxylic acids is 1. The van der Waals surface area contributed by atoms with Gasteiger partial charge in [0.2, 0.25) is 5.91 Å². The highest BCUT2D eigenvalue weighted by Crippen LogP contribution is 2.16. The van der Waals surface area contributed by atoms with Gasteiger partial charge in [0.05, 0.1) is 5.75 Å². The van der Waals surface area contributed by atoms with Crippen LogP contribution in [0.15, 0.2) is 0 Å². The van der Waals surface area contributed by atoms with Gasteiger partial charge in [0.25, 0.3) is 0 Å². The third-order valence-electron chi connectivity index (χ3n) is 1.69. The summed E-state index contributed by atoms with van der Waals surface area (Å²) in [6, 6.07) is 0. The third-order valence-corrected chi connectivity index (χ3v) is 3.77. The van der Waals surface area contributed by atoms with E-state index in [2.05, 4.69) is 5.32 Å². The van der Waals surface area contributed by atoms with Crippen molar-refractivity contribution >= 4 is 15.7 Å². The summed E-state index contributed by atoms with van der Waals surface area (Å²) in [5, 5.41) is 1.78. The zero-order valence-electron chi connectivity index (χ0n) is 6.33. The van der Waals surface area contributed by atoms with Crippen LogP contribution in [0.1, 0.15) is 19.8 Å². The lowest BCUT2D eigenvalue weighted by atomic mass is 10.3. The Morgan fingerprint density at radius 2 is 2.18 bits per heavy atom. The van der Waals surface area contributed by atoms with Gasteiger partial charge < -0.3 is 5.32 Å². The van der Waals surface area contributed by atoms with E-state index in [9.17, 15) is 13.2 Å². The number of sulfone groups is 1. The van der Waals surface area contributed by atoms with Crippen molar-refractivity contribution in [3.05, 3.63) is 0 Å². The minimum Gasteiger partial charge on any atom is -0.340 e. The largest absolute Gasteiger partial charge is 0.340 e. The van der Waals surface area contributed by atoms with Crippen LogP contribution in [-0.2, 0) is 14.6 Å². The van der Waals surface area contributed by atoms with Gasteiger partial charge in [-0.15, -0.1) is 0 Å². The molecule has 1 aliphatic rings. The smallest absolute Gasteiger partial charge is 0.217 e. The molecule has 5 heteroatoms. The molecular weight excluding hydrogens is 166 g/mol. The van der Waals surface area contributed by atoms with E-state index in [0.29, 0.717) is 12.8 Å². The van der Waals surface area contributed by atoms with Crippen molar-refractivity contribution in [3.63, 3.8) is 0 Å². The van der Waals surface area contributed by atoms with Crippen molar-refractivity contribution in [2.24, 2.45) is 0 Å². The van der Waals surface area contributed by atoms with Crippen molar-refractivity contribution < 1.29 is 13.2 Å². The molecule has 64 valence electrons. The van der Waals surface area contributed by atoms with Gasteiger partial charge >= 0.3 is 0 Å². The highest BCUT2D eigenvalue weighted by molar-refractivity contribution is 7.92. The molecule has 1 rings (SSSR count). The van der Waals surface area contributed by atoms with Crippen LogP contribution in [-0.4, -0.2) is 25.5 Å². The summed E-state index contributed by atoms with van der Waals surface area (Å²) < 4.78 is 22.2. The molecule has 0 spiro atoms. The van der Waals surface area contributed by atoms with E-state index in [4.69, 9.17) is 0 Å². The van der Waals surface area contributed by atoms with E-state index in [1.54, 1.807) is 0 Å². The normalized spacial score (nSPS) is 28.3. The summed E-state index contributed by atoms with van der Waals surface area (Å²) in [5.74, 6) is -0.0710. The average molecular weight is 177 g/mol. The lowest BCUT2D eigenvalue weighted by molar-refractivity contribution is -0.119. The number of carbonyl (C=O) groups is 1. The molecule has 1 N–H and O–H groups in total. The summed E-state index contributed by atoms with van der Waals surface area (Å²) in [5.41, 5.74) is 0. The van der Waals surface area contributed by atoms with E-state index in [-0.39, 0.29) is 11.7 Å². The van der Waals surface area contributed by atoms with Crippen molar-refractivity contribution in [2.45, 2.75) is 25.1 Å². The summed E-state index contributed by atoms with van der Waals surface area (Å²) in [6.07, 6.45) is 1.22. The van der Waals surface area contributed by atoms with Crippen LogP contribution in [0.5, 0.6) is 0 Å². The van der Waals surface area contributed by atoms with Crippen LogP contribution >= 0.6 is 0 Å². The van der Waals surface area contributed by atoms with Gasteiger partial charge in [-0.1, -0.05) is 0 Å². The molecule has 0 aliphatic carbocycles. The molecule has 11 heavy (non-hydrogen) atoms. The molecule has 0 aromatic heterocycles. The molecule has 1 aliphatic heterocycles. The Labute approximate surface area is 65.9 Å². The van der Waals surface area contributed by atoms with E-state index in [0.717, 1.165) is 0 Å². The van der Waals surface area contributed by atoms with Gasteiger partial charge in [-0.05, 0) is 12.8 Å². The standard InChI is InChI=1S/C6H11NO3S/c1-5(8)7-6-3-2-4-11(6,9)10/h6H,2-4H2,1H3,(H,7,8).